The Morgan fingerprint density at radius 1 is 1.14 bits per heavy atom. The normalized spacial score (nSPS) is 26.5. The van der Waals surface area contributed by atoms with Crippen molar-refractivity contribution in [3.63, 3.8) is 0 Å². The standard InChI is InChI=1S/C27H33N3O4S/c1-16-7-6-8-19(17(16)2)28-26(32)27(3)15-29-20-11-12-35-24(20)14-22(29)25(31)30(27)21-13-18(33-4)9-10-23(21)34-5/h9-14,16-17,19H,6-8,15H2,1-5H3,(H,28,32)/t16-,17+,19+,27+/m0/s1. The second-order valence-corrected chi connectivity index (χ2v) is 11.0. The third kappa shape index (κ3) is 3.78. The minimum Gasteiger partial charge on any atom is -0.497 e. The predicted molar refractivity (Wildman–Crippen MR) is 139 cm³/mol. The quantitative estimate of drug-likeness (QED) is 0.536. The Bertz CT molecular complexity index is 1280. The molecule has 0 unspecified atom stereocenters. The number of amides is 2. The molecule has 1 fully saturated rings. The Hall–Kier alpha value is -3.00. The number of carbonyl (C=O) groups is 2. The minimum absolute atomic E-state index is 0.0828. The maximum absolute atomic E-state index is 14.1. The molecule has 3 heterocycles. The fourth-order valence-corrected chi connectivity index (χ4v) is 6.49. The molecule has 1 aromatic carbocycles. The van der Waals surface area contributed by atoms with Crippen LogP contribution in [0.15, 0.2) is 35.7 Å². The van der Waals surface area contributed by atoms with Crippen LogP contribution in [0.4, 0.5) is 5.69 Å². The maximum atomic E-state index is 14.1. The number of anilines is 1. The molecule has 0 saturated heterocycles. The van der Waals surface area contributed by atoms with Crippen molar-refractivity contribution >= 4 is 39.1 Å². The molecule has 2 aromatic heterocycles. The first-order valence-corrected chi connectivity index (χ1v) is 13.1. The van der Waals surface area contributed by atoms with Gasteiger partial charge >= 0.3 is 0 Å². The number of aromatic nitrogens is 1. The smallest absolute Gasteiger partial charge is 0.276 e. The van der Waals surface area contributed by atoms with Gasteiger partial charge < -0.3 is 19.4 Å². The molecule has 1 N–H and O–H groups in total. The summed E-state index contributed by atoms with van der Waals surface area (Å²) >= 11 is 1.59. The summed E-state index contributed by atoms with van der Waals surface area (Å²) < 4.78 is 14.1. The van der Waals surface area contributed by atoms with Gasteiger partial charge in [-0.3, -0.25) is 14.5 Å². The minimum atomic E-state index is -1.17. The molecule has 1 saturated carbocycles. The number of ether oxygens (including phenoxy) is 2. The highest BCUT2D eigenvalue weighted by Crippen LogP contribution is 2.42. The summed E-state index contributed by atoms with van der Waals surface area (Å²) in [6.45, 7) is 6.67. The first kappa shape index (κ1) is 23.7. The van der Waals surface area contributed by atoms with Gasteiger partial charge in [-0.15, -0.1) is 11.3 Å². The molecule has 186 valence electrons. The van der Waals surface area contributed by atoms with Crippen LogP contribution >= 0.6 is 11.3 Å². The van der Waals surface area contributed by atoms with Gasteiger partial charge in [0, 0.05) is 12.1 Å². The number of hydrogen-bond donors (Lipinski definition) is 1. The maximum Gasteiger partial charge on any atom is 0.276 e. The molecular formula is C27H33N3O4S. The number of nitrogens with zero attached hydrogens (tertiary/aromatic N) is 2. The Morgan fingerprint density at radius 3 is 2.69 bits per heavy atom. The largest absolute Gasteiger partial charge is 0.497 e. The number of carbonyl (C=O) groups excluding carboxylic acids is 2. The highest BCUT2D eigenvalue weighted by Gasteiger charge is 2.50. The average molecular weight is 496 g/mol. The number of thiophene rings is 1. The van der Waals surface area contributed by atoms with Crippen molar-refractivity contribution < 1.29 is 19.1 Å². The van der Waals surface area contributed by atoms with E-state index in [1.807, 2.05) is 29.0 Å². The Kier molecular flexibility index (Phi) is 6.03. The molecular weight excluding hydrogens is 462 g/mol. The number of benzene rings is 1. The summed E-state index contributed by atoms with van der Waals surface area (Å²) in [5.41, 5.74) is 0.907. The zero-order chi connectivity index (χ0) is 24.9. The fourth-order valence-electron chi connectivity index (χ4n) is 5.67. The third-order valence-corrected chi connectivity index (χ3v) is 8.90. The molecule has 2 aliphatic rings. The van der Waals surface area contributed by atoms with Crippen molar-refractivity contribution in [3.8, 4) is 11.5 Å². The van der Waals surface area contributed by atoms with E-state index in [0.717, 1.165) is 23.1 Å². The van der Waals surface area contributed by atoms with Gasteiger partial charge in [-0.05, 0) is 54.8 Å². The van der Waals surface area contributed by atoms with Gasteiger partial charge in [0.05, 0.1) is 36.7 Å². The lowest BCUT2D eigenvalue weighted by molar-refractivity contribution is -0.128. The van der Waals surface area contributed by atoms with E-state index in [0.29, 0.717) is 41.3 Å². The third-order valence-electron chi connectivity index (χ3n) is 8.04. The number of rotatable bonds is 5. The van der Waals surface area contributed by atoms with Crippen LogP contribution in [0.3, 0.4) is 0 Å². The summed E-state index contributed by atoms with van der Waals surface area (Å²) in [5.74, 6) is 1.65. The summed E-state index contributed by atoms with van der Waals surface area (Å²) in [6.07, 6.45) is 3.23. The number of fused-ring (bicyclic) bond motifs is 3. The molecule has 4 atom stereocenters. The molecule has 1 aliphatic heterocycles. The van der Waals surface area contributed by atoms with Crippen LogP contribution in [0.5, 0.6) is 11.5 Å². The topological polar surface area (TPSA) is 72.8 Å². The Labute approximate surface area is 210 Å². The lowest BCUT2D eigenvalue weighted by Gasteiger charge is -2.45. The molecule has 2 amide bonds. The Balaban J connectivity index is 1.63. The van der Waals surface area contributed by atoms with Crippen LogP contribution in [0.2, 0.25) is 0 Å². The van der Waals surface area contributed by atoms with Crippen LogP contribution in [-0.2, 0) is 11.3 Å². The summed E-state index contributed by atoms with van der Waals surface area (Å²) in [5, 5.41) is 5.36. The molecule has 7 nitrogen and oxygen atoms in total. The zero-order valence-corrected chi connectivity index (χ0v) is 21.8. The van der Waals surface area contributed by atoms with Gasteiger partial charge in [0.2, 0.25) is 5.91 Å². The van der Waals surface area contributed by atoms with E-state index in [-0.39, 0.29) is 17.9 Å². The molecule has 35 heavy (non-hydrogen) atoms. The second-order valence-electron chi connectivity index (χ2n) is 10.1. The summed E-state index contributed by atoms with van der Waals surface area (Å²) in [7, 11) is 3.15. The molecule has 3 aromatic rings. The van der Waals surface area contributed by atoms with E-state index < -0.39 is 5.54 Å². The lowest BCUT2D eigenvalue weighted by Crippen LogP contribution is -2.66. The van der Waals surface area contributed by atoms with Gasteiger partial charge in [0.25, 0.3) is 5.91 Å². The van der Waals surface area contributed by atoms with Crippen LogP contribution in [0, 0.1) is 11.8 Å². The van der Waals surface area contributed by atoms with Crippen LogP contribution in [0.1, 0.15) is 50.5 Å². The molecule has 0 bridgehead atoms. The van der Waals surface area contributed by atoms with Crippen molar-refractivity contribution in [2.24, 2.45) is 11.8 Å². The van der Waals surface area contributed by atoms with E-state index in [2.05, 4.69) is 19.2 Å². The molecule has 1 aliphatic carbocycles. The van der Waals surface area contributed by atoms with Crippen LogP contribution in [0.25, 0.3) is 10.2 Å². The Morgan fingerprint density at radius 2 is 1.94 bits per heavy atom. The van der Waals surface area contributed by atoms with Crippen LogP contribution < -0.4 is 19.7 Å². The van der Waals surface area contributed by atoms with E-state index in [9.17, 15) is 9.59 Å². The molecule has 0 spiro atoms. The molecule has 0 radical (unpaired) electrons. The fraction of sp³-hybridized carbons (Fsp3) is 0.481. The van der Waals surface area contributed by atoms with E-state index in [1.54, 1.807) is 48.7 Å². The van der Waals surface area contributed by atoms with Crippen molar-refractivity contribution in [1.29, 1.82) is 0 Å². The van der Waals surface area contributed by atoms with Gasteiger partial charge in [-0.2, -0.15) is 0 Å². The van der Waals surface area contributed by atoms with E-state index in [4.69, 9.17) is 9.47 Å². The van der Waals surface area contributed by atoms with Crippen molar-refractivity contribution in [2.75, 3.05) is 19.1 Å². The van der Waals surface area contributed by atoms with Crippen molar-refractivity contribution in [2.45, 2.75) is 58.2 Å². The monoisotopic (exact) mass is 495 g/mol. The van der Waals surface area contributed by atoms with Gasteiger partial charge in [0.1, 0.15) is 22.7 Å². The first-order valence-electron chi connectivity index (χ1n) is 12.2. The highest BCUT2D eigenvalue weighted by atomic mass is 32.1. The summed E-state index contributed by atoms with van der Waals surface area (Å²) in [4.78, 5) is 29.9. The zero-order valence-electron chi connectivity index (χ0n) is 21.0. The van der Waals surface area contributed by atoms with Gasteiger partial charge in [-0.25, -0.2) is 0 Å². The van der Waals surface area contributed by atoms with Crippen LogP contribution in [-0.4, -0.2) is 42.2 Å². The first-order chi connectivity index (χ1) is 16.8. The van der Waals surface area contributed by atoms with E-state index >= 15 is 0 Å². The molecule has 8 heteroatoms. The number of nitrogens with one attached hydrogen (secondary N) is 1. The highest BCUT2D eigenvalue weighted by molar-refractivity contribution is 7.17. The van der Waals surface area contributed by atoms with Gasteiger partial charge in [-0.1, -0.05) is 26.7 Å². The SMILES string of the molecule is COc1ccc(OC)c(N2C(=O)c3cc4sccc4n3C[C@]2(C)C(=O)N[C@@H]2CCC[C@H](C)[C@H]2C)c1. The van der Waals surface area contributed by atoms with Gasteiger partial charge in [0.15, 0.2) is 0 Å². The summed E-state index contributed by atoms with van der Waals surface area (Å²) in [6, 6.07) is 9.36. The number of hydrogen-bond acceptors (Lipinski definition) is 5. The molecule has 5 rings (SSSR count). The second kappa shape index (κ2) is 8.90. The van der Waals surface area contributed by atoms with E-state index in [1.165, 1.54) is 6.42 Å². The average Bonchev–Trinajstić information content (AvgIpc) is 3.44. The number of methoxy groups -OCH3 is 2. The predicted octanol–water partition coefficient (Wildman–Crippen LogP) is 5.08. The van der Waals surface area contributed by atoms with Crippen molar-refractivity contribution in [1.82, 2.24) is 9.88 Å². The van der Waals surface area contributed by atoms with Crippen molar-refractivity contribution in [3.05, 3.63) is 41.4 Å². The lowest BCUT2D eigenvalue weighted by atomic mass is 9.77.